The molecular formula is C17H24O. The van der Waals surface area contributed by atoms with Crippen molar-refractivity contribution in [3.63, 3.8) is 0 Å². The Morgan fingerprint density at radius 1 is 1.11 bits per heavy atom. The second-order valence-corrected chi connectivity index (χ2v) is 6.57. The predicted octanol–water partition coefficient (Wildman–Crippen LogP) is 4.40. The van der Waals surface area contributed by atoms with Gasteiger partial charge in [0, 0.05) is 11.8 Å². The molecule has 0 N–H and O–H groups in total. The zero-order valence-electron chi connectivity index (χ0n) is 12.0. The van der Waals surface area contributed by atoms with Gasteiger partial charge < -0.3 is 0 Å². The van der Waals surface area contributed by atoms with E-state index in [0.29, 0.717) is 11.7 Å². The van der Waals surface area contributed by atoms with Crippen molar-refractivity contribution in [2.24, 2.45) is 16.7 Å². The first-order chi connectivity index (χ1) is 8.38. The first-order valence-electron chi connectivity index (χ1n) is 6.93. The molecule has 0 aromatic heterocycles. The Morgan fingerprint density at radius 3 is 1.94 bits per heavy atom. The summed E-state index contributed by atoms with van der Waals surface area (Å²) in [6, 6.07) is 10.3. The van der Waals surface area contributed by atoms with Crippen molar-refractivity contribution in [1.82, 2.24) is 0 Å². The van der Waals surface area contributed by atoms with Gasteiger partial charge in [0.2, 0.25) is 0 Å². The van der Waals surface area contributed by atoms with Gasteiger partial charge in [0.15, 0.2) is 0 Å². The highest BCUT2D eigenvalue weighted by Gasteiger charge is 2.61. The molecular weight excluding hydrogens is 220 g/mol. The van der Waals surface area contributed by atoms with Gasteiger partial charge in [-0.05, 0) is 31.1 Å². The predicted molar refractivity (Wildman–Crippen MR) is 75.4 cm³/mol. The lowest BCUT2D eigenvalue weighted by Gasteiger charge is -2.32. The molecule has 3 rings (SSSR count). The molecule has 0 saturated heterocycles. The Balaban J connectivity index is 0.000000149. The molecule has 2 saturated carbocycles. The second-order valence-electron chi connectivity index (χ2n) is 6.57. The van der Waals surface area contributed by atoms with Crippen LogP contribution in [-0.2, 0) is 4.79 Å². The average molecular weight is 244 g/mol. The Labute approximate surface area is 111 Å². The third-order valence-electron chi connectivity index (χ3n) is 5.42. The molecule has 2 aliphatic rings. The third-order valence-corrected chi connectivity index (χ3v) is 5.42. The summed E-state index contributed by atoms with van der Waals surface area (Å²) in [6.45, 7) is 8.76. The molecule has 0 radical (unpaired) electrons. The van der Waals surface area contributed by atoms with Gasteiger partial charge in [-0.1, -0.05) is 56.7 Å². The van der Waals surface area contributed by atoms with Crippen molar-refractivity contribution in [3.05, 3.63) is 35.9 Å². The fourth-order valence-corrected chi connectivity index (χ4v) is 3.44. The molecule has 0 heterocycles. The molecule has 1 aromatic rings. The average Bonchev–Trinajstić information content (AvgIpc) is 2.64. The molecule has 0 spiro atoms. The zero-order chi connectivity index (χ0) is 13.4. The summed E-state index contributed by atoms with van der Waals surface area (Å²) in [4.78, 5) is 11.6. The van der Waals surface area contributed by atoms with Gasteiger partial charge in [-0.2, -0.15) is 0 Å². The Kier molecular flexibility index (Phi) is 3.35. The number of Topliss-reactive ketones (excluding diaryl/α,β-unsaturated/α-hetero) is 1. The number of hydrogen-bond acceptors (Lipinski definition) is 1. The van der Waals surface area contributed by atoms with Crippen LogP contribution in [0, 0.1) is 23.7 Å². The van der Waals surface area contributed by atoms with E-state index in [1.54, 1.807) is 0 Å². The van der Waals surface area contributed by atoms with Crippen LogP contribution in [0.3, 0.4) is 0 Å². The molecule has 2 bridgehead atoms. The first kappa shape index (κ1) is 13.3. The van der Waals surface area contributed by atoms with Crippen LogP contribution in [0.2, 0.25) is 0 Å². The normalized spacial score (nSPS) is 32.0. The minimum atomic E-state index is 0.0255. The fraction of sp³-hybridized carbons (Fsp3) is 0.588. The maximum Gasteiger partial charge on any atom is 0.139 e. The SMILES string of the molecule is CC1(C)[C@H]2CC[C@]1(C)C(=O)C2.Cc1ccccc1. The summed E-state index contributed by atoms with van der Waals surface area (Å²) < 4.78 is 0. The summed E-state index contributed by atoms with van der Waals surface area (Å²) in [5.74, 6) is 1.19. The molecule has 1 heteroatoms. The van der Waals surface area contributed by atoms with Gasteiger partial charge >= 0.3 is 0 Å². The van der Waals surface area contributed by atoms with E-state index in [2.05, 4.69) is 39.8 Å². The van der Waals surface area contributed by atoms with Crippen molar-refractivity contribution < 1.29 is 4.79 Å². The quantitative estimate of drug-likeness (QED) is 0.661. The van der Waals surface area contributed by atoms with Crippen LogP contribution < -0.4 is 0 Å². The summed E-state index contributed by atoms with van der Waals surface area (Å²) >= 11 is 0. The number of hydrogen-bond donors (Lipinski definition) is 0. The molecule has 1 aromatic carbocycles. The van der Waals surface area contributed by atoms with Gasteiger partial charge in [0.25, 0.3) is 0 Å². The number of benzene rings is 1. The largest absolute Gasteiger partial charge is 0.299 e. The van der Waals surface area contributed by atoms with Crippen LogP contribution in [0.1, 0.15) is 45.6 Å². The van der Waals surface area contributed by atoms with E-state index in [9.17, 15) is 4.79 Å². The third kappa shape index (κ3) is 2.00. The lowest BCUT2D eigenvalue weighted by molar-refractivity contribution is -0.128. The first-order valence-corrected chi connectivity index (χ1v) is 6.93. The van der Waals surface area contributed by atoms with Gasteiger partial charge in [0.1, 0.15) is 5.78 Å². The van der Waals surface area contributed by atoms with E-state index in [0.717, 1.165) is 12.8 Å². The smallest absolute Gasteiger partial charge is 0.139 e. The van der Waals surface area contributed by atoms with Crippen molar-refractivity contribution in [2.75, 3.05) is 0 Å². The molecule has 0 unspecified atom stereocenters. The molecule has 18 heavy (non-hydrogen) atoms. The standard InChI is InChI=1S/C10H16O.C7H8/c1-9(2)7-4-5-10(9,3)8(11)6-7;1-7-5-3-2-4-6-7/h7H,4-6H2,1-3H3;2-6H,1H3/t7-,10+;/m0./s1. The maximum atomic E-state index is 11.6. The number of fused-ring (bicyclic) bond motifs is 2. The summed E-state index contributed by atoms with van der Waals surface area (Å²) in [5.41, 5.74) is 1.63. The number of carbonyl (C=O) groups is 1. The molecule has 1 nitrogen and oxygen atoms in total. The van der Waals surface area contributed by atoms with E-state index >= 15 is 0 Å². The molecule has 98 valence electrons. The monoisotopic (exact) mass is 244 g/mol. The van der Waals surface area contributed by atoms with Crippen LogP contribution in [0.4, 0.5) is 0 Å². The van der Waals surface area contributed by atoms with Crippen LogP contribution in [0.5, 0.6) is 0 Å². The summed E-state index contributed by atoms with van der Waals surface area (Å²) in [6.07, 6.45) is 3.25. The maximum absolute atomic E-state index is 11.6. The molecule has 2 atom stereocenters. The van der Waals surface area contributed by atoms with E-state index in [4.69, 9.17) is 0 Å². The topological polar surface area (TPSA) is 17.1 Å². The van der Waals surface area contributed by atoms with E-state index in [-0.39, 0.29) is 10.8 Å². The van der Waals surface area contributed by atoms with Crippen LogP contribution >= 0.6 is 0 Å². The molecule has 2 aliphatic carbocycles. The lowest BCUT2D eigenvalue weighted by atomic mass is 9.70. The Morgan fingerprint density at radius 2 is 1.72 bits per heavy atom. The summed E-state index contributed by atoms with van der Waals surface area (Å²) in [7, 11) is 0. The van der Waals surface area contributed by atoms with Gasteiger partial charge in [-0.15, -0.1) is 0 Å². The molecule has 2 fully saturated rings. The number of rotatable bonds is 0. The number of aryl methyl sites for hydroxylation is 1. The van der Waals surface area contributed by atoms with Crippen molar-refractivity contribution in [2.45, 2.75) is 47.0 Å². The fourth-order valence-electron chi connectivity index (χ4n) is 3.44. The van der Waals surface area contributed by atoms with Gasteiger partial charge in [-0.3, -0.25) is 4.79 Å². The minimum absolute atomic E-state index is 0.0255. The highest BCUT2D eigenvalue weighted by atomic mass is 16.1. The Bertz CT molecular complexity index is 432. The summed E-state index contributed by atoms with van der Waals surface area (Å²) in [5, 5.41) is 0. The van der Waals surface area contributed by atoms with Gasteiger partial charge in [0.05, 0.1) is 0 Å². The van der Waals surface area contributed by atoms with Crippen LogP contribution in [0.15, 0.2) is 30.3 Å². The highest BCUT2D eigenvalue weighted by Crippen LogP contribution is 2.63. The van der Waals surface area contributed by atoms with E-state index < -0.39 is 0 Å². The van der Waals surface area contributed by atoms with Crippen molar-refractivity contribution in [1.29, 1.82) is 0 Å². The number of carbonyl (C=O) groups excluding carboxylic acids is 1. The van der Waals surface area contributed by atoms with Crippen LogP contribution in [0.25, 0.3) is 0 Å². The highest BCUT2D eigenvalue weighted by molar-refractivity contribution is 5.89. The number of ketones is 1. The van der Waals surface area contributed by atoms with Crippen molar-refractivity contribution in [3.8, 4) is 0 Å². The van der Waals surface area contributed by atoms with Crippen molar-refractivity contribution >= 4 is 5.78 Å². The van der Waals surface area contributed by atoms with Crippen LogP contribution in [-0.4, -0.2) is 5.78 Å². The zero-order valence-corrected chi connectivity index (χ0v) is 12.0. The molecule has 0 amide bonds. The van der Waals surface area contributed by atoms with E-state index in [1.165, 1.54) is 12.0 Å². The van der Waals surface area contributed by atoms with E-state index in [1.807, 2.05) is 18.2 Å². The van der Waals surface area contributed by atoms with Gasteiger partial charge in [-0.25, -0.2) is 0 Å². The lowest BCUT2D eigenvalue weighted by Crippen LogP contribution is -2.32. The molecule has 0 aliphatic heterocycles. The Hall–Kier alpha value is -1.11. The minimum Gasteiger partial charge on any atom is -0.299 e. The second kappa shape index (κ2) is 4.53.